The largest absolute Gasteiger partial charge is 0.299 e. The number of para-hydroxylation sites is 1. The van der Waals surface area contributed by atoms with E-state index in [1.54, 1.807) is 15.4 Å². The summed E-state index contributed by atoms with van der Waals surface area (Å²) in [4.78, 5) is 17.5. The number of benzene rings is 2. The second kappa shape index (κ2) is 8.96. The minimum Gasteiger partial charge on any atom is -0.283 e. The zero-order valence-corrected chi connectivity index (χ0v) is 18.7. The zero-order chi connectivity index (χ0) is 22.7. The number of hydrogen-bond acceptors (Lipinski definition) is 6. The maximum atomic E-state index is 13.0. The topological polar surface area (TPSA) is 88.3 Å². The Morgan fingerprint density at radius 3 is 2.38 bits per heavy atom. The van der Waals surface area contributed by atoms with Crippen LogP contribution < -0.4 is 5.56 Å². The minimum absolute atomic E-state index is 0.246. The molecule has 32 heavy (non-hydrogen) atoms. The molecule has 8 heteroatoms. The molecule has 0 aliphatic heterocycles. The Kier molecular flexibility index (Phi) is 5.92. The maximum Gasteiger partial charge on any atom is 0.299 e. The summed E-state index contributed by atoms with van der Waals surface area (Å²) in [5.74, 6) is 0. The molecule has 0 saturated heterocycles. The van der Waals surface area contributed by atoms with Crippen molar-refractivity contribution in [3.63, 3.8) is 0 Å². The van der Waals surface area contributed by atoms with Crippen molar-refractivity contribution in [2.24, 2.45) is 17.3 Å². The van der Waals surface area contributed by atoms with Crippen molar-refractivity contribution >= 4 is 33.7 Å². The van der Waals surface area contributed by atoms with Crippen LogP contribution in [0.15, 0.2) is 75.7 Å². The molecule has 0 spiro atoms. The van der Waals surface area contributed by atoms with Gasteiger partial charge >= 0.3 is 0 Å². The second-order valence-electron chi connectivity index (χ2n) is 7.10. The summed E-state index contributed by atoms with van der Waals surface area (Å²) in [5.41, 5.74) is 3.50. The molecule has 2 heterocycles. The van der Waals surface area contributed by atoms with Gasteiger partial charge in [0.25, 0.3) is 5.56 Å². The molecule has 0 fully saturated rings. The van der Waals surface area contributed by atoms with E-state index < -0.39 is 0 Å². The molecular weight excluding hydrogens is 420 g/mol. The third kappa shape index (κ3) is 4.06. The van der Waals surface area contributed by atoms with E-state index in [2.05, 4.69) is 21.3 Å². The van der Waals surface area contributed by atoms with Crippen LogP contribution >= 0.6 is 11.3 Å². The van der Waals surface area contributed by atoms with Gasteiger partial charge in [-0.2, -0.15) is 5.26 Å². The Morgan fingerprint density at radius 2 is 1.72 bits per heavy atom. The minimum atomic E-state index is -0.246. The molecule has 4 rings (SSSR count). The predicted octanol–water partition coefficient (Wildman–Crippen LogP) is 5.73. The first-order chi connectivity index (χ1) is 15.5. The Morgan fingerprint density at radius 1 is 1.06 bits per heavy atom. The number of rotatable bonds is 5. The fraction of sp³-hybridized carbons (Fsp3) is 0.125. The van der Waals surface area contributed by atoms with Gasteiger partial charge in [0.2, 0.25) is 0 Å². The molecule has 2 aromatic carbocycles. The number of nitrogens with zero attached hydrogens (tertiary/aromatic N) is 6. The van der Waals surface area contributed by atoms with Gasteiger partial charge in [-0.3, -0.25) is 9.48 Å². The van der Waals surface area contributed by atoms with Crippen molar-refractivity contribution in [1.29, 1.82) is 5.26 Å². The van der Waals surface area contributed by atoms with Crippen LogP contribution in [-0.2, 0) is 7.05 Å². The Hall–Kier alpha value is -4.09. The van der Waals surface area contributed by atoms with Crippen LogP contribution in [0.1, 0.15) is 22.0 Å². The Labute approximate surface area is 189 Å². The fourth-order valence-corrected chi connectivity index (χ4v) is 4.07. The van der Waals surface area contributed by atoms with Crippen LogP contribution in [0.5, 0.6) is 0 Å². The average molecular weight is 441 g/mol. The first kappa shape index (κ1) is 21.2. The van der Waals surface area contributed by atoms with E-state index >= 15 is 0 Å². The first-order valence-electron chi connectivity index (χ1n) is 9.90. The van der Waals surface area contributed by atoms with E-state index in [1.165, 1.54) is 11.3 Å². The standard InChI is InChI=1S/C24H20N6OS/c1-16-22(32-23(26-16)19(15-25)14-18-10-6-4-7-11-18)28-27-21-17(2)29(3)30(24(21)31)20-12-8-5-9-13-20/h4-14H,1-3H3/b19-14+,28-27?. The summed E-state index contributed by atoms with van der Waals surface area (Å²) in [6, 6.07) is 21.2. The number of aryl methyl sites for hydroxylation is 1. The van der Waals surface area contributed by atoms with Crippen LogP contribution in [0.3, 0.4) is 0 Å². The highest BCUT2D eigenvalue weighted by molar-refractivity contribution is 7.16. The van der Waals surface area contributed by atoms with Crippen molar-refractivity contribution in [2.75, 3.05) is 0 Å². The van der Waals surface area contributed by atoms with E-state index in [1.807, 2.05) is 81.6 Å². The number of nitriles is 1. The van der Waals surface area contributed by atoms with E-state index in [-0.39, 0.29) is 11.2 Å². The van der Waals surface area contributed by atoms with Gasteiger partial charge < -0.3 is 0 Å². The van der Waals surface area contributed by atoms with Gasteiger partial charge in [0.15, 0.2) is 10.7 Å². The molecular formula is C24H20N6OS. The van der Waals surface area contributed by atoms with Crippen molar-refractivity contribution < 1.29 is 0 Å². The molecule has 0 bridgehead atoms. The van der Waals surface area contributed by atoms with E-state index in [4.69, 9.17) is 0 Å². The lowest BCUT2D eigenvalue weighted by Crippen LogP contribution is -2.19. The first-order valence-corrected chi connectivity index (χ1v) is 10.7. The van der Waals surface area contributed by atoms with Crippen LogP contribution in [0.2, 0.25) is 0 Å². The Balaban J connectivity index is 1.69. The van der Waals surface area contributed by atoms with Crippen molar-refractivity contribution in [1.82, 2.24) is 14.3 Å². The van der Waals surface area contributed by atoms with Crippen molar-refractivity contribution in [3.8, 4) is 11.8 Å². The molecule has 158 valence electrons. The third-order valence-corrected chi connectivity index (χ3v) is 6.07. The summed E-state index contributed by atoms with van der Waals surface area (Å²) in [5, 5.41) is 19.3. The predicted molar refractivity (Wildman–Crippen MR) is 127 cm³/mol. The molecule has 0 atom stereocenters. The smallest absolute Gasteiger partial charge is 0.283 e. The van der Waals surface area contributed by atoms with E-state index in [0.717, 1.165) is 11.3 Å². The molecule has 7 nitrogen and oxygen atoms in total. The van der Waals surface area contributed by atoms with E-state index in [9.17, 15) is 10.1 Å². The highest BCUT2D eigenvalue weighted by Crippen LogP contribution is 2.33. The highest BCUT2D eigenvalue weighted by Gasteiger charge is 2.17. The van der Waals surface area contributed by atoms with E-state index in [0.29, 0.717) is 27.0 Å². The molecule has 4 aromatic rings. The van der Waals surface area contributed by atoms with Crippen LogP contribution in [0.25, 0.3) is 17.3 Å². The molecule has 0 N–H and O–H groups in total. The van der Waals surface area contributed by atoms with Gasteiger partial charge in [0.05, 0.1) is 22.6 Å². The normalized spacial score (nSPS) is 11.8. The van der Waals surface area contributed by atoms with Crippen LogP contribution in [0.4, 0.5) is 10.7 Å². The number of aromatic nitrogens is 3. The van der Waals surface area contributed by atoms with Gasteiger partial charge in [0, 0.05) is 7.05 Å². The molecule has 2 aromatic heterocycles. The summed E-state index contributed by atoms with van der Waals surface area (Å²) in [7, 11) is 1.81. The van der Waals surface area contributed by atoms with Gasteiger partial charge in [0.1, 0.15) is 11.1 Å². The average Bonchev–Trinajstić information content (AvgIpc) is 3.28. The number of azo groups is 1. The molecule has 0 amide bonds. The molecule has 0 saturated carbocycles. The summed E-state index contributed by atoms with van der Waals surface area (Å²) in [6.07, 6.45) is 1.79. The summed E-state index contributed by atoms with van der Waals surface area (Å²) in [6.45, 7) is 3.64. The number of thiazole rings is 1. The zero-order valence-electron chi connectivity index (χ0n) is 17.9. The molecule has 0 aliphatic rings. The van der Waals surface area contributed by atoms with Gasteiger partial charge in [-0.1, -0.05) is 59.9 Å². The molecule has 0 radical (unpaired) electrons. The summed E-state index contributed by atoms with van der Waals surface area (Å²) < 4.78 is 3.32. The van der Waals surface area contributed by atoms with Gasteiger partial charge in [-0.25, -0.2) is 9.67 Å². The van der Waals surface area contributed by atoms with Crippen LogP contribution in [-0.4, -0.2) is 14.3 Å². The highest BCUT2D eigenvalue weighted by atomic mass is 32.1. The third-order valence-electron chi connectivity index (χ3n) is 5.00. The number of allylic oxidation sites excluding steroid dienone is 1. The molecule has 0 unspecified atom stereocenters. The Bertz CT molecular complexity index is 1420. The fourth-order valence-electron chi connectivity index (χ4n) is 3.22. The lowest BCUT2D eigenvalue weighted by Gasteiger charge is -2.07. The van der Waals surface area contributed by atoms with Crippen molar-refractivity contribution in [3.05, 3.63) is 93.0 Å². The monoisotopic (exact) mass is 440 g/mol. The molecule has 0 aliphatic carbocycles. The van der Waals surface area contributed by atoms with Crippen LogP contribution in [0, 0.1) is 25.2 Å². The lowest BCUT2D eigenvalue weighted by molar-refractivity contribution is 0.630. The quantitative estimate of drug-likeness (QED) is 0.293. The van der Waals surface area contributed by atoms with Gasteiger partial charge in [-0.05, 0) is 37.6 Å². The van der Waals surface area contributed by atoms with Crippen molar-refractivity contribution in [2.45, 2.75) is 13.8 Å². The maximum absolute atomic E-state index is 13.0. The number of hydrogen-bond donors (Lipinski definition) is 0. The summed E-state index contributed by atoms with van der Waals surface area (Å²) >= 11 is 1.27. The van der Waals surface area contributed by atoms with Gasteiger partial charge in [-0.15, -0.1) is 10.2 Å². The lowest BCUT2D eigenvalue weighted by atomic mass is 10.1. The SMILES string of the molecule is Cc1nc(/C(C#N)=C/c2ccccc2)sc1N=Nc1c(C)n(C)n(-c2ccccc2)c1=O. The second-order valence-corrected chi connectivity index (χ2v) is 8.08.